The molecule has 4 nitrogen and oxygen atoms in total. The summed E-state index contributed by atoms with van der Waals surface area (Å²) in [5, 5.41) is 0. The molecule has 0 saturated carbocycles. The van der Waals surface area contributed by atoms with Gasteiger partial charge in [0.1, 0.15) is 18.4 Å². The number of fused-ring (bicyclic) bond motifs is 1. The maximum Gasteiger partial charge on any atom is 0.237 e. The first-order chi connectivity index (χ1) is 7.66. The summed E-state index contributed by atoms with van der Waals surface area (Å²) in [6.45, 7) is 0.133. The Balaban J connectivity index is 1.98. The van der Waals surface area contributed by atoms with Crippen molar-refractivity contribution in [2.45, 2.75) is 25.3 Å². The molecule has 1 amide bonds. The van der Waals surface area contributed by atoms with Crippen molar-refractivity contribution in [2.75, 3.05) is 6.61 Å². The number of ether oxygens (including phenoxy) is 1. The predicted octanol–water partition coefficient (Wildman–Crippen LogP) is 0.367. The summed E-state index contributed by atoms with van der Waals surface area (Å²) in [4.78, 5) is 10.7. The van der Waals surface area contributed by atoms with Crippen LogP contribution in [-0.4, -0.2) is 18.6 Å². The Bertz CT molecular complexity index is 404. The third-order valence-corrected chi connectivity index (χ3v) is 2.86. The highest BCUT2D eigenvalue weighted by atomic mass is 16.5. The van der Waals surface area contributed by atoms with Gasteiger partial charge in [-0.1, -0.05) is 6.07 Å². The average Bonchev–Trinajstić information content (AvgIpc) is 2.72. The van der Waals surface area contributed by atoms with Crippen LogP contribution in [0.4, 0.5) is 0 Å². The second-order valence-corrected chi connectivity index (χ2v) is 4.10. The molecule has 1 aromatic rings. The molecule has 0 bridgehead atoms. The van der Waals surface area contributed by atoms with E-state index in [0.29, 0.717) is 0 Å². The minimum Gasteiger partial charge on any atom is -0.491 e. The number of primary amides is 1. The fourth-order valence-electron chi connectivity index (χ4n) is 1.91. The Morgan fingerprint density at radius 2 is 2.12 bits per heavy atom. The predicted molar refractivity (Wildman–Crippen MR) is 61.1 cm³/mol. The number of hydrogen-bond donors (Lipinski definition) is 2. The van der Waals surface area contributed by atoms with E-state index in [2.05, 4.69) is 6.07 Å². The molecule has 0 aliphatic heterocycles. The summed E-state index contributed by atoms with van der Waals surface area (Å²) in [6.07, 6.45) is 3.46. The summed E-state index contributed by atoms with van der Waals surface area (Å²) in [5.41, 5.74) is 13.3. The molecule has 86 valence electrons. The lowest BCUT2D eigenvalue weighted by molar-refractivity contribution is -0.119. The van der Waals surface area contributed by atoms with Gasteiger partial charge in [0.2, 0.25) is 5.91 Å². The minimum atomic E-state index is -0.742. The zero-order valence-electron chi connectivity index (χ0n) is 9.11. The summed E-state index contributed by atoms with van der Waals surface area (Å²) in [6, 6.07) is 5.27. The Hall–Kier alpha value is -1.55. The lowest BCUT2D eigenvalue weighted by Crippen LogP contribution is -2.41. The van der Waals surface area contributed by atoms with Gasteiger partial charge in [-0.2, -0.15) is 0 Å². The SMILES string of the molecule is NC(=O)C(N)COc1ccc2c(c1)CCC2. The Kier molecular flexibility index (Phi) is 3.10. The van der Waals surface area contributed by atoms with Crippen molar-refractivity contribution in [2.24, 2.45) is 11.5 Å². The highest BCUT2D eigenvalue weighted by Gasteiger charge is 2.13. The molecule has 0 spiro atoms. The average molecular weight is 220 g/mol. The molecule has 1 aliphatic carbocycles. The van der Waals surface area contributed by atoms with Gasteiger partial charge in [-0.15, -0.1) is 0 Å². The molecule has 1 unspecified atom stereocenters. The van der Waals surface area contributed by atoms with Gasteiger partial charge < -0.3 is 16.2 Å². The standard InChI is InChI=1S/C12H16N2O2/c13-11(12(14)15)7-16-10-5-4-8-2-1-3-9(8)6-10/h4-6,11H,1-3,7,13H2,(H2,14,15). The van der Waals surface area contributed by atoms with Crippen LogP contribution in [0.15, 0.2) is 18.2 Å². The first-order valence-electron chi connectivity index (χ1n) is 5.46. The van der Waals surface area contributed by atoms with Crippen LogP contribution in [0.5, 0.6) is 5.75 Å². The van der Waals surface area contributed by atoms with Gasteiger partial charge in [-0.25, -0.2) is 0 Å². The fraction of sp³-hybridized carbons (Fsp3) is 0.417. The fourth-order valence-corrected chi connectivity index (χ4v) is 1.91. The first kappa shape index (κ1) is 11.0. The number of benzene rings is 1. The number of rotatable bonds is 4. The second kappa shape index (κ2) is 4.53. The highest BCUT2D eigenvalue weighted by Crippen LogP contribution is 2.25. The summed E-state index contributed by atoms with van der Waals surface area (Å²) < 4.78 is 5.43. The summed E-state index contributed by atoms with van der Waals surface area (Å²) in [5.74, 6) is 0.221. The van der Waals surface area contributed by atoms with E-state index >= 15 is 0 Å². The number of amides is 1. The molecular weight excluding hydrogens is 204 g/mol. The largest absolute Gasteiger partial charge is 0.491 e. The Morgan fingerprint density at radius 3 is 2.88 bits per heavy atom. The molecule has 0 heterocycles. The van der Waals surface area contributed by atoms with Gasteiger partial charge in [0.05, 0.1) is 0 Å². The van der Waals surface area contributed by atoms with Crippen LogP contribution in [0.3, 0.4) is 0 Å². The molecule has 0 aromatic heterocycles. The van der Waals surface area contributed by atoms with Gasteiger partial charge in [0.25, 0.3) is 0 Å². The van der Waals surface area contributed by atoms with Crippen LogP contribution in [-0.2, 0) is 17.6 Å². The molecule has 0 saturated heterocycles. The maximum atomic E-state index is 10.7. The van der Waals surface area contributed by atoms with Crippen molar-refractivity contribution in [1.29, 1.82) is 0 Å². The summed E-state index contributed by atoms with van der Waals surface area (Å²) in [7, 11) is 0. The van der Waals surface area contributed by atoms with E-state index in [1.165, 1.54) is 17.5 Å². The van der Waals surface area contributed by atoms with Crippen molar-refractivity contribution in [3.8, 4) is 5.75 Å². The third kappa shape index (κ3) is 2.33. The lowest BCUT2D eigenvalue weighted by atomic mass is 10.1. The van der Waals surface area contributed by atoms with Gasteiger partial charge in [0, 0.05) is 0 Å². The van der Waals surface area contributed by atoms with E-state index in [1.54, 1.807) is 0 Å². The molecule has 1 atom stereocenters. The van der Waals surface area contributed by atoms with Crippen LogP contribution in [0.1, 0.15) is 17.5 Å². The van der Waals surface area contributed by atoms with E-state index < -0.39 is 11.9 Å². The molecule has 2 rings (SSSR count). The lowest BCUT2D eigenvalue weighted by Gasteiger charge is -2.11. The highest BCUT2D eigenvalue weighted by molar-refractivity contribution is 5.79. The number of nitrogens with two attached hydrogens (primary N) is 2. The zero-order chi connectivity index (χ0) is 11.5. The van der Waals surface area contributed by atoms with E-state index in [9.17, 15) is 4.79 Å². The molecule has 1 aromatic carbocycles. The van der Waals surface area contributed by atoms with E-state index in [0.717, 1.165) is 18.6 Å². The topological polar surface area (TPSA) is 78.3 Å². The number of aryl methyl sites for hydroxylation is 2. The van der Waals surface area contributed by atoms with Crippen LogP contribution < -0.4 is 16.2 Å². The first-order valence-corrected chi connectivity index (χ1v) is 5.46. The second-order valence-electron chi connectivity index (χ2n) is 4.10. The molecule has 4 N–H and O–H groups in total. The van der Waals surface area contributed by atoms with Gasteiger partial charge >= 0.3 is 0 Å². The van der Waals surface area contributed by atoms with Crippen molar-refractivity contribution in [3.05, 3.63) is 29.3 Å². The Morgan fingerprint density at radius 1 is 1.38 bits per heavy atom. The van der Waals surface area contributed by atoms with Gasteiger partial charge in [-0.3, -0.25) is 4.79 Å². The summed E-state index contributed by atoms with van der Waals surface area (Å²) >= 11 is 0. The number of carbonyl (C=O) groups is 1. The van der Waals surface area contributed by atoms with Crippen molar-refractivity contribution in [3.63, 3.8) is 0 Å². The van der Waals surface area contributed by atoms with Gasteiger partial charge in [0.15, 0.2) is 0 Å². The number of hydrogen-bond acceptors (Lipinski definition) is 3. The van der Waals surface area contributed by atoms with E-state index in [1.807, 2.05) is 12.1 Å². The third-order valence-electron chi connectivity index (χ3n) is 2.86. The monoisotopic (exact) mass is 220 g/mol. The van der Waals surface area contributed by atoms with E-state index in [4.69, 9.17) is 16.2 Å². The maximum absolute atomic E-state index is 10.7. The van der Waals surface area contributed by atoms with Gasteiger partial charge in [-0.05, 0) is 42.5 Å². The van der Waals surface area contributed by atoms with Crippen LogP contribution >= 0.6 is 0 Å². The van der Waals surface area contributed by atoms with Crippen molar-refractivity contribution in [1.82, 2.24) is 0 Å². The molecule has 1 aliphatic rings. The van der Waals surface area contributed by atoms with Crippen molar-refractivity contribution >= 4 is 5.91 Å². The smallest absolute Gasteiger partial charge is 0.237 e. The minimum absolute atomic E-state index is 0.133. The molecule has 0 fully saturated rings. The zero-order valence-corrected chi connectivity index (χ0v) is 9.11. The van der Waals surface area contributed by atoms with Crippen LogP contribution in [0, 0.1) is 0 Å². The molecular formula is C12H16N2O2. The molecule has 4 heteroatoms. The van der Waals surface area contributed by atoms with Crippen LogP contribution in [0.2, 0.25) is 0 Å². The van der Waals surface area contributed by atoms with E-state index in [-0.39, 0.29) is 6.61 Å². The number of carbonyl (C=O) groups excluding carboxylic acids is 1. The molecule has 16 heavy (non-hydrogen) atoms. The quantitative estimate of drug-likeness (QED) is 0.769. The molecule has 0 radical (unpaired) electrons. The van der Waals surface area contributed by atoms with Crippen LogP contribution in [0.25, 0.3) is 0 Å². The normalized spacial score (nSPS) is 15.6. The van der Waals surface area contributed by atoms with Crippen molar-refractivity contribution < 1.29 is 9.53 Å². The Labute approximate surface area is 94.6 Å².